The van der Waals surface area contributed by atoms with Gasteiger partial charge in [-0.1, -0.05) is 0 Å². The Morgan fingerprint density at radius 2 is 2.50 bits per heavy atom. The molecule has 56 valence electrons. The molecule has 1 unspecified atom stereocenters. The van der Waals surface area contributed by atoms with E-state index < -0.39 is 5.24 Å². The van der Waals surface area contributed by atoms with Gasteiger partial charge in [0.25, 0.3) is 0 Å². The van der Waals surface area contributed by atoms with Gasteiger partial charge in [-0.05, 0) is 11.6 Å². The van der Waals surface area contributed by atoms with Crippen LogP contribution in [0.3, 0.4) is 0 Å². The van der Waals surface area contributed by atoms with Crippen molar-refractivity contribution in [3.8, 4) is 0 Å². The second-order valence-corrected chi connectivity index (χ2v) is 2.73. The van der Waals surface area contributed by atoms with Crippen molar-refractivity contribution in [2.45, 2.75) is 12.8 Å². The molecule has 1 aliphatic rings. The molecule has 0 aliphatic carbocycles. The highest BCUT2D eigenvalue weighted by molar-refractivity contribution is 6.63. The van der Waals surface area contributed by atoms with Crippen LogP contribution in [0, 0.1) is 5.92 Å². The molecule has 1 fully saturated rings. The molecule has 0 radical (unpaired) electrons. The molecule has 1 saturated heterocycles. The zero-order chi connectivity index (χ0) is 7.56. The van der Waals surface area contributed by atoms with Crippen molar-refractivity contribution in [3.63, 3.8) is 0 Å². The van der Waals surface area contributed by atoms with Gasteiger partial charge >= 0.3 is 5.97 Å². The van der Waals surface area contributed by atoms with Gasteiger partial charge in [-0.2, -0.15) is 0 Å². The Bertz CT molecular complexity index is 166. The van der Waals surface area contributed by atoms with E-state index in [0.717, 1.165) is 0 Å². The Balaban J connectivity index is 2.31. The Morgan fingerprint density at radius 3 is 2.90 bits per heavy atom. The topological polar surface area (TPSA) is 43.4 Å². The summed E-state index contributed by atoms with van der Waals surface area (Å²) in [6.07, 6.45) is 0.575. The number of esters is 1. The molecular formula is C6H7ClO3. The lowest BCUT2D eigenvalue weighted by molar-refractivity contribution is -0.137. The summed E-state index contributed by atoms with van der Waals surface area (Å²) in [5, 5.41) is -0.400. The summed E-state index contributed by atoms with van der Waals surface area (Å²) in [5.74, 6) is -0.222. The van der Waals surface area contributed by atoms with Crippen molar-refractivity contribution >= 4 is 22.8 Å². The zero-order valence-corrected chi connectivity index (χ0v) is 6.06. The van der Waals surface area contributed by atoms with E-state index in [1.54, 1.807) is 0 Å². The Labute approximate surface area is 63.3 Å². The molecule has 0 N–H and O–H groups in total. The highest BCUT2D eigenvalue weighted by Gasteiger charge is 2.24. The molecule has 0 saturated carbocycles. The summed E-state index contributed by atoms with van der Waals surface area (Å²) in [7, 11) is 0. The third kappa shape index (κ3) is 1.99. The first-order chi connectivity index (χ1) is 4.68. The lowest BCUT2D eigenvalue weighted by Crippen LogP contribution is -2.02. The molecule has 1 atom stereocenters. The lowest BCUT2D eigenvalue weighted by Gasteiger charge is -1.97. The highest BCUT2D eigenvalue weighted by atomic mass is 35.5. The van der Waals surface area contributed by atoms with Gasteiger partial charge in [0.15, 0.2) is 0 Å². The molecule has 0 aromatic rings. The predicted molar refractivity (Wildman–Crippen MR) is 34.5 cm³/mol. The maximum Gasteiger partial charge on any atom is 0.306 e. The van der Waals surface area contributed by atoms with Crippen molar-refractivity contribution in [3.05, 3.63) is 0 Å². The molecule has 1 heterocycles. The third-order valence-electron chi connectivity index (χ3n) is 1.38. The number of carbonyl (C=O) groups is 2. The van der Waals surface area contributed by atoms with E-state index in [2.05, 4.69) is 4.74 Å². The molecule has 3 nitrogen and oxygen atoms in total. The fourth-order valence-corrected chi connectivity index (χ4v) is 1.14. The second-order valence-electron chi connectivity index (χ2n) is 2.31. The summed E-state index contributed by atoms with van der Waals surface area (Å²) in [4.78, 5) is 20.8. The minimum absolute atomic E-state index is 0.0116. The highest BCUT2D eigenvalue weighted by Crippen LogP contribution is 2.18. The number of cyclic esters (lactones) is 1. The molecule has 0 aromatic heterocycles. The number of rotatable bonds is 2. The van der Waals surface area contributed by atoms with Crippen molar-refractivity contribution in [1.29, 1.82) is 0 Å². The van der Waals surface area contributed by atoms with Crippen LogP contribution in [0.2, 0.25) is 0 Å². The standard InChI is InChI=1S/C6H7ClO3/c7-5(8)1-4-2-6(9)10-3-4/h4H,1-3H2. The second kappa shape index (κ2) is 3.01. The van der Waals surface area contributed by atoms with E-state index in [4.69, 9.17) is 11.6 Å². The minimum atomic E-state index is -0.400. The van der Waals surface area contributed by atoms with Crippen LogP contribution in [0.5, 0.6) is 0 Å². The molecule has 1 aliphatic heterocycles. The number of ether oxygens (including phenoxy) is 1. The fraction of sp³-hybridized carbons (Fsp3) is 0.667. The van der Waals surface area contributed by atoms with Crippen LogP contribution in [0.4, 0.5) is 0 Å². The van der Waals surface area contributed by atoms with Crippen molar-refractivity contribution < 1.29 is 14.3 Å². The van der Waals surface area contributed by atoms with Crippen molar-refractivity contribution in [1.82, 2.24) is 0 Å². The maximum absolute atomic E-state index is 10.5. The van der Waals surface area contributed by atoms with Gasteiger partial charge in [0.2, 0.25) is 5.24 Å². The lowest BCUT2D eigenvalue weighted by atomic mass is 10.1. The van der Waals surface area contributed by atoms with Crippen molar-refractivity contribution in [2.75, 3.05) is 6.61 Å². The van der Waals surface area contributed by atoms with E-state index in [0.29, 0.717) is 13.0 Å². The van der Waals surface area contributed by atoms with Crippen LogP contribution in [-0.2, 0) is 14.3 Å². The average molecular weight is 163 g/mol. The van der Waals surface area contributed by atoms with Crippen LogP contribution in [0.15, 0.2) is 0 Å². The molecule has 0 aromatic carbocycles. The summed E-state index contributed by atoms with van der Waals surface area (Å²) in [6, 6.07) is 0. The van der Waals surface area contributed by atoms with E-state index in [1.807, 2.05) is 0 Å². The predicted octanol–water partition coefficient (Wildman–Crippen LogP) is 0.705. The van der Waals surface area contributed by atoms with Crippen LogP contribution in [-0.4, -0.2) is 17.8 Å². The SMILES string of the molecule is O=C(Cl)CC1COC(=O)C1. The largest absolute Gasteiger partial charge is 0.465 e. The fourth-order valence-electron chi connectivity index (χ4n) is 0.922. The first-order valence-electron chi connectivity index (χ1n) is 3.02. The smallest absolute Gasteiger partial charge is 0.306 e. The van der Waals surface area contributed by atoms with Gasteiger partial charge in [-0.15, -0.1) is 0 Å². The Hall–Kier alpha value is -0.570. The molecule has 1 rings (SSSR count). The van der Waals surface area contributed by atoms with Gasteiger partial charge < -0.3 is 4.74 Å². The van der Waals surface area contributed by atoms with Gasteiger partial charge in [-0.3, -0.25) is 9.59 Å². The van der Waals surface area contributed by atoms with E-state index >= 15 is 0 Å². The normalized spacial score (nSPS) is 24.5. The molecule has 10 heavy (non-hydrogen) atoms. The zero-order valence-electron chi connectivity index (χ0n) is 5.30. The van der Waals surface area contributed by atoms with E-state index in [-0.39, 0.29) is 18.3 Å². The Morgan fingerprint density at radius 1 is 1.80 bits per heavy atom. The summed E-state index contributed by atoms with van der Waals surface area (Å²) < 4.78 is 4.62. The number of halogens is 1. The Kier molecular flexibility index (Phi) is 2.27. The van der Waals surface area contributed by atoms with E-state index in [1.165, 1.54) is 0 Å². The van der Waals surface area contributed by atoms with Crippen molar-refractivity contribution in [2.24, 2.45) is 5.92 Å². The molecule has 4 heteroatoms. The van der Waals surface area contributed by atoms with Gasteiger partial charge in [-0.25, -0.2) is 0 Å². The quantitative estimate of drug-likeness (QED) is 0.444. The number of hydrogen-bond acceptors (Lipinski definition) is 3. The number of carbonyl (C=O) groups excluding carboxylic acids is 2. The van der Waals surface area contributed by atoms with Crippen LogP contribution in [0.25, 0.3) is 0 Å². The molecule has 0 bridgehead atoms. The molecule has 0 spiro atoms. The van der Waals surface area contributed by atoms with Crippen LogP contribution < -0.4 is 0 Å². The van der Waals surface area contributed by atoms with Crippen LogP contribution in [0.1, 0.15) is 12.8 Å². The first kappa shape index (κ1) is 7.54. The van der Waals surface area contributed by atoms with Gasteiger partial charge in [0, 0.05) is 12.3 Å². The summed E-state index contributed by atoms with van der Waals surface area (Å²) in [5.41, 5.74) is 0. The summed E-state index contributed by atoms with van der Waals surface area (Å²) >= 11 is 5.10. The van der Waals surface area contributed by atoms with E-state index in [9.17, 15) is 9.59 Å². The monoisotopic (exact) mass is 162 g/mol. The van der Waals surface area contributed by atoms with Gasteiger partial charge in [0.1, 0.15) is 0 Å². The molecule has 0 amide bonds. The average Bonchev–Trinajstić information content (AvgIpc) is 2.13. The minimum Gasteiger partial charge on any atom is -0.465 e. The number of hydrogen-bond donors (Lipinski definition) is 0. The molecular weight excluding hydrogens is 156 g/mol. The van der Waals surface area contributed by atoms with Crippen LogP contribution >= 0.6 is 11.6 Å². The maximum atomic E-state index is 10.5. The first-order valence-corrected chi connectivity index (χ1v) is 3.40. The summed E-state index contributed by atoms with van der Waals surface area (Å²) in [6.45, 7) is 0.345. The third-order valence-corrected chi connectivity index (χ3v) is 1.54. The van der Waals surface area contributed by atoms with Gasteiger partial charge in [0.05, 0.1) is 13.0 Å².